The number of Topliss-reactive ketones (excluding diaryl/α,β-unsaturated/α-hetero) is 1. The number of hydrogen-bond acceptors (Lipinski definition) is 4. The van der Waals surface area contributed by atoms with Crippen LogP contribution < -0.4 is 5.32 Å². The summed E-state index contributed by atoms with van der Waals surface area (Å²) in [5, 5.41) is 2.77. The van der Waals surface area contributed by atoms with Gasteiger partial charge in [-0.3, -0.25) is 19.2 Å². The van der Waals surface area contributed by atoms with Crippen molar-refractivity contribution in [3.8, 4) is 0 Å². The van der Waals surface area contributed by atoms with E-state index in [1.54, 1.807) is 58.3 Å². The van der Waals surface area contributed by atoms with Gasteiger partial charge in [0.2, 0.25) is 5.91 Å². The second-order valence-corrected chi connectivity index (χ2v) is 6.96. The maximum atomic E-state index is 12.6. The molecule has 0 bridgehead atoms. The van der Waals surface area contributed by atoms with Crippen molar-refractivity contribution >= 4 is 29.2 Å². The maximum Gasteiger partial charge on any atom is 0.255 e. The van der Waals surface area contributed by atoms with E-state index in [4.69, 9.17) is 0 Å². The molecule has 1 N–H and O–H groups in total. The molecule has 1 heterocycles. The Labute approximate surface area is 169 Å². The highest BCUT2D eigenvalue weighted by molar-refractivity contribution is 6.05. The summed E-state index contributed by atoms with van der Waals surface area (Å²) in [6.07, 6.45) is 0. The normalized spacial score (nSPS) is 13.7. The first kappa shape index (κ1) is 20.3. The number of ketones is 1. The minimum Gasteiger partial charge on any atom is -0.339 e. The van der Waals surface area contributed by atoms with Crippen molar-refractivity contribution in [2.75, 3.05) is 31.5 Å². The quantitative estimate of drug-likeness (QED) is 0.809. The Hall–Kier alpha value is -3.48. The van der Waals surface area contributed by atoms with Crippen LogP contribution in [0.2, 0.25) is 0 Å². The van der Waals surface area contributed by atoms with Gasteiger partial charge in [0, 0.05) is 55.5 Å². The highest BCUT2D eigenvalue weighted by Gasteiger charge is 2.23. The van der Waals surface area contributed by atoms with E-state index < -0.39 is 0 Å². The third-order valence-corrected chi connectivity index (χ3v) is 4.96. The van der Waals surface area contributed by atoms with E-state index in [1.807, 2.05) is 0 Å². The predicted octanol–water partition coefficient (Wildman–Crippen LogP) is 2.45. The average Bonchev–Trinajstić information content (AvgIpc) is 2.73. The fourth-order valence-corrected chi connectivity index (χ4v) is 3.16. The van der Waals surface area contributed by atoms with Crippen LogP contribution in [-0.4, -0.2) is 59.5 Å². The molecule has 7 nitrogen and oxygen atoms in total. The molecule has 2 aromatic rings. The van der Waals surface area contributed by atoms with Crippen LogP contribution in [0.4, 0.5) is 5.69 Å². The van der Waals surface area contributed by atoms with Crippen LogP contribution in [0.1, 0.15) is 44.9 Å². The first-order chi connectivity index (χ1) is 13.8. The average molecular weight is 393 g/mol. The Morgan fingerprint density at radius 3 is 1.69 bits per heavy atom. The number of hydrogen-bond donors (Lipinski definition) is 1. The van der Waals surface area contributed by atoms with Crippen LogP contribution in [0.15, 0.2) is 48.5 Å². The Bertz CT molecular complexity index is 928. The number of nitrogens with zero attached hydrogens (tertiary/aromatic N) is 2. The molecule has 0 aliphatic carbocycles. The summed E-state index contributed by atoms with van der Waals surface area (Å²) in [4.78, 5) is 51.2. The van der Waals surface area contributed by atoms with Gasteiger partial charge in [-0.2, -0.15) is 0 Å². The van der Waals surface area contributed by atoms with Gasteiger partial charge in [-0.15, -0.1) is 0 Å². The van der Waals surface area contributed by atoms with E-state index in [0.717, 1.165) is 0 Å². The highest BCUT2D eigenvalue weighted by Crippen LogP contribution is 2.14. The van der Waals surface area contributed by atoms with E-state index >= 15 is 0 Å². The molecule has 0 unspecified atom stereocenters. The van der Waals surface area contributed by atoms with E-state index in [0.29, 0.717) is 48.6 Å². The Morgan fingerprint density at radius 1 is 0.690 bits per heavy atom. The summed E-state index contributed by atoms with van der Waals surface area (Å²) in [7, 11) is 0. The smallest absolute Gasteiger partial charge is 0.255 e. The Kier molecular flexibility index (Phi) is 6.07. The van der Waals surface area contributed by atoms with Gasteiger partial charge in [-0.1, -0.05) is 0 Å². The van der Waals surface area contributed by atoms with E-state index in [1.165, 1.54) is 13.8 Å². The molecular weight excluding hydrogens is 370 g/mol. The zero-order valence-corrected chi connectivity index (χ0v) is 16.5. The third kappa shape index (κ3) is 4.87. The molecule has 0 aromatic heterocycles. The van der Waals surface area contributed by atoms with Crippen LogP contribution in [0.3, 0.4) is 0 Å². The Balaban J connectivity index is 1.60. The molecule has 150 valence electrons. The molecule has 1 fully saturated rings. The van der Waals surface area contributed by atoms with Gasteiger partial charge in [0.15, 0.2) is 5.78 Å². The summed E-state index contributed by atoms with van der Waals surface area (Å²) in [6.45, 7) is 5.07. The summed E-state index contributed by atoms with van der Waals surface area (Å²) in [5.41, 5.74) is 2.10. The van der Waals surface area contributed by atoms with Crippen LogP contribution in [-0.2, 0) is 4.79 Å². The summed E-state index contributed by atoms with van der Waals surface area (Å²) >= 11 is 0. The van der Waals surface area contributed by atoms with Crippen LogP contribution in [0, 0.1) is 0 Å². The topological polar surface area (TPSA) is 86.8 Å². The standard InChI is InChI=1S/C22H23N3O4/c1-15(26)17-7-9-20(10-8-17)23-21(28)18-3-5-19(6-4-18)22(29)25-13-11-24(12-14-25)16(2)27/h3-10H,11-14H2,1-2H3,(H,23,28). The van der Waals surface area contributed by atoms with Crippen LogP contribution >= 0.6 is 0 Å². The van der Waals surface area contributed by atoms with Crippen molar-refractivity contribution < 1.29 is 19.2 Å². The zero-order chi connectivity index (χ0) is 21.0. The molecule has 29 heavy (non-hydrogen) atoms. The molecular formula is C22H23N3O4. The van der Waals surface area contributed by atoms with Crippen molar-refractivity contribution in [2.24, 2.45) is 0 Å². The van der Waals surface area contributed by atoms with Gasteiger partial charge in [0.25, 0.3) is 11.8 Å². The third-order valence-electron chi connectivity index (χ3n) is 4.96. The molecule has 7 heteroatoms. The lowest BCUT2D eigenvalue weighted by molar-refractivity contribution is -0.130. The minimum atomic E-state index is -0.297. The van der Waals surface area contributed by atoms with E-state index in [9.17, 15) is 19.2 Å². The number of anilines is 1. The van der Waals surface area contributed by atoms with Crippen molar-refractivity contribution in [1.82, 2.24) is 9.80 Å². The molecule has 2 aromatic carbocycles. The lowest BCUT2D eigenvalue weighted by Crippen LogP contribution is -2.50. The number of benzene rings is 2. The minimum absolute atomic E-state index is 0.0170. The number of carbonyl (C=O) groups is 4. The molecule has 0 atom stereocenters. The molecule has 0 saturated carbocycles. The first-order valence-electron chi connectivity index (χ1n) is 9.42. The van der Waals surface area contributed by atoms with Crippen LogP contribution in [0.5, 0.6) is 0 Å². The zero-order valence-electron chi connectivity index (χ0n) is 16.5. The molecule has 0 radical (unpaired) electrons. The van der Waals surface area contributed by atoms with Gasteiger partial charge in [-0.25, -0.2) is 0 Å². The lowest BCUT2D eigenvalue weighted by atomic mass is 10.1. The van der Waals surface area contributed by atoms with E-state index in [-0.39, 0.29) is 23.5 Å². The van der Waals surface area contributed by atoms with Gasteiger partial charge < -0.3 is 15.1 Å². The van der Waals surface area contributed by atoms with Gasteiger partial charge in [0.05, 0.1) is 0 Å². The molecule has 3 rings (SSSR count). The van der Waals surface area contributed by atoms with Crippen molar-refractivity contribution in [1.29, 1.82) is 0 Å². The van der Waals surface area contributed by atoms with Gasteiger partial charge >= 0.3 is 0 Å². The summed E-state index contributed by atoms with van der Waals surface area (Å²) in [6, 6.07) is 13.1. The van der Waals surface area contributed by atoms with Gasteiger partial charge in [0.1, 0.15) is 0 Å². The largest absolute Gasteiger partial charge is 0.339 e. The molecule has 1 saturated heterocycles. The SMILES string of the molecule is CC(=O)c1ccc(NC(=O)c2ccc(C(=O)N3CCN(C(C)=O)CC3)cc2)cc1. The maximum absolute atomic E-state index is 12.6. The summed E-state index contributed by atoms with van der Waals surface area (Å²) < 4.78 is 0. The molecule has 0 spiro atoms. The highest BCUT2D eigenvalue weighted by atomic mass is 16.2. The fourth-order valence-electron chi connectivity index (χ4n) is 3.16. The monoisotopic (exact) mass is 393 g/mol. The summed E-state index contributed by atoms with van der Waals surface area (Å²) in [5.74, 6) is -0.427. The fraction of sp³-hybridized carbons (Fsp3) is 0.273. The first-order valence-corrected chi connectivity index (χ1v) is 9.42. The number of nitrogens with one attached hydrogen (secondary N) is 1. The number of rotatable bonds is 4. The molecule has 1 aliphatic heterocycles. The molecule has 3 amide bonds. The number of piperazine rings is 1. The van der Waals surface area contributed by atoms with Crippen LogP contribution in [0.25, 0.3) is 0 Å². The Morgan fingerprint density at radius 2 is 1.17 bits per heavy atom. The van der Waals surface area contributed by atoms with Crippen molar-refractivity contribution in [2.45, 2.75) is 13.8 Å². The second kappa shape index (κ2) is 8.68. The predicted molar refractivity (Wildman–Crippen MR) is 109 cm³/mol. The number of amides is 3. The number of carbonyl (C=O) groups excluding carboxylic acids is 4. The molecule has 1 aliphatic rings. The van der Waals surface area contributed by atoms with Gasteiger partial charge in [-0.05, 0) is 55.5 Å². The van der Waals surface area contributed by atoms with Crippen molar-refractivity contribution in [3.63, 3.8) is 0 Å². The lowest BCUT2D eigenvalue weighted by Gasteiger charge is -2.34. The van der Waals surface area contributed by atoms with Crippen molar-refractivity contribution in [3.05, 3.63) is 65.2 Å². The second-order valence-electron chi connectivity index (χ2n) is 6.96. The van der Waals surface area contributed by atoms with E-state index in [2.05, 4.69) is 5.32 Å².